The van der Waals surface area contributed by atoms with Crippen molar-refractivity contribution in [1.29, 1.82) is 0 Å². The molecule has 0 saturated carbocycles. The average molecular weight is 354 g/mol. The minimum atomic E-state index is -1.17. The van der Waals surface area contributed by atoms with E-state index in [9.17, 15) is 18.4 Å². The van der Waals surface area contributed by atoms with Crippen LogP contribution in [0.2, 0.25) is 5.02 Å². The summed E-state index contributed by atoms with van der Waals surface area (Å²) in [6, 6.07) is 9.52. The molecule has 0 radical (unpaired) electrons. The smallest absolute Gasteiger partial charge is 0.311 e. The number of esters is 1. The van der Waals surface area contributed by atoms with Crippen molar-refractivity contribution in [1.82, 2.24) is 0 Å². The number of carbonyl (C=O) groups excluding carboxylic acids is 2. The van der Waals surface area contributed by atoms with Gasteiger partial charge in [0.05, 0.1) is 12.1 Å². The number of rotatable bonds is 5. The molecule has 0 heterocycles. The number of ether oxygens (including phenoxy) is 1. The third-order valence-electron chi connectivity index (χ3n) is 3.16. The molecule has 0 saturated heterocycles. The first-order valence-electron chi connectivity index (χ1n) is 7.05. The zero-order valence-electron chi connectivity index (χ0n) is 12.7. The van der Waals surface area contributed by atoms with Crippen LogP contribution < -0.4 is 5.32 Å². The van der Waals surface area contributed by atoms with E-state index in [2.05, 4.69) is 5.32 Å². The van der Waals surface area contributed by atoms with Crippen LogP contribution in [-0.4, -0.2) is 18.0 Å². The monoisotopic (exact) mass is 353 g/mol. The summed E-state index contributed by atoms with van der Waals surface area (Å²) in [5.74, 6) is -2.71. The Hall–Kier alpha value is -2.47. The minimum Gasteiger partial charge on any atom is -0.452 e. The van der Waals surface area contributed by atoms with Gasteiger partial charge in [-0.15, -0.1) is 0 Å². The van der Waals surface area contributed by atoms with Gasteiger partial charge in [-0.3, -0.25) is 9.59 Å². The van der Waals surface area contributed by atoms with Gasteiger partial charge in [-0.25, -0.2) is 8.78 Å². The Morgan fingerprint density at radius 3 is 2.54 bits per heavy atom. The number of amides is 1. The molecule has 126 valence electrons. The molecule has 2 rings (SSSR count). The normalized spacial score (nSPS) is 11.7. The van der Waals surface area contributed by atoms with Gasteiger partial charge in [0, 0.05) is 5.02 Å². The molecule has 0 aliphatic rings. The number of anilines is 1. The van der Waals surface area contributed by atoms with Crippen molar-refractivity contribution >= 4 is 29.2 Å². The number of hydrogen-bond acceptors (Lipinski definition) is 3. The summed E-state index contributed by atoms with van der Waals surface area (Å²) in [6.45, 7) is 1.34. The molecule has 2 aromatic rings. The Bertz CT molecular complexity index is 767. The van der Waals surface area contributed by atoms with E-state index in [1.807, 2.05) is 0 Å². The van der Waals surface area contributed by atoms with Gasteiger partial charge >= 0.3 is 5.97 Å². The largest absolute Gasteiger partial charge is 0.452 e. The first-order chi connectivity index (χ1) is 11.4. The fourth-order valence-electron chi connectivity index (χ4n) is 1.91. The molecule has 0 spiro atoms. The lowest BCUT2D eigenvalue weighted by atomic mass is 10.1. The summed E-state index contributed by atoms with van der Waals surface area (Å²) in [5.41, 5.74) is 0.0836. The molecule has 0 unspecified atom stereocenters. The first kappa shape index (κ1) is 17.9. The average Bonchev–Trinajstić information content (AvgIpc) is 2.52. The molecule has 0 bridgehead atoms. The highest BCUT2D eigenvalue weighted by atomic mass is 35.5. The van der Waals surface area contributed by atoms with Crippen LogP contribution in [0, 0.1) is 11.6 Å². The van der Waals surface area contributed by atoms with Crippen LogP contribution in [0.15, 0.2) is 42.5 Å². The molecule has 2 aromatic carbocycles. The molecular weight excluding hydrogens is 340 g/mol. The van der Waals surface area contributed by atoms with Crippen molar-refractivity contribution in [3.05, 3.63) is 64.7 Å². The summed E-state index contributed by atoms with van der Waals surface area (Å²) < 4.78 is 32.0. The Kier molecular flexibility index (Phi) is 5.87. The van der Waals surface area contributed by atoms with Gasteiger partial charge in [-0.2, -0.15) is 0 Å². The Morgan fingerprint density at radius 2 is 1.88 bits per heavy atom. The van der Waals surface area contributed by atoms with Gasteiger partial charge in [0.25, 0.3) is 5.91 Å². The molecule has 0 aromatic heterocycles. The highest BCUT2D eigenvalue weighted by Crippen LogP contribution is 2.19. The van der Waals surface area contributed by atoms with Crippen molar-refractivity contribution in [2.75, 3.05) is 5.32 Å². The van der Waals surface area contributed by atoms with Gasteiger partial charge in [-0.05, 0) is 36.8 Å². The quantitative estimate of drug-likeness (QED) is 0.833. The summed E-state index contributed by atoms with van der Waals surface area (Å²) in [6.07, 6.45) is -1.47. The maximum atomic E-state index is 13.6. The number of carbonyl (C=O) groups is 2. The molecular formula is C17H14ClF2NO3. The Labute approximate surface area is 142 Å². The topological polar surface area (TPSA) is 55.4 Å². The van der Waals surface area contributed by atoms with E-state index in [0.717, 1.165) is 6.07 Å². The van der Waals surface area contributed by atoms with Crippen LogP contribution in [-0.2, 0) is 20.7 Å². The van der Waals surface area contributed by atoms with E-state index >= 15 is 0 Å². The van der Waals surface area contributed by atoms with Crippen molar-refractivity contribution < 1.29 is 23.1 Å². The molecule has 0 aliphatic heterocycles. The third-order valence-corrected chi connectivity index (χ3v) is 3.39. The number of halogens is 3. The summed E-state index contributed by atoms with van der Waals surface area (Å²) >= 11 is 5.62. The third kappa shape index (κ3) is 4.76. The molecule has 0 fully saturated rings. The maximum absolute atomic E-state index is 13.6. The SMILES string of the molecule is C[C@@H](OC(=O)Cc1ccccc1F)C(=O)Nc1ccc(Cl)cc1F. The van der Waals surface area contributed by atoms with Crippen LogP contribution in [0.25, 0.3) is 0 Å². The molecule has 4 nitrogen and oxygen atoms in total. The van der Waals surface area contributed by atoms with Crippen LogP contribution in [0.4, 0.5) is 14.5 Å². The van der Waals surface area contributed by atoms with E-state index in [0.29, 0.717) is 0 Å². The zero-order chi connectivity index (χ0) is 17.7. The molecule has 24 heavy (non-hydrogen) atoms. The van der Waals surface area contributed by atoms with Crippen LogP contribution in [0.3, 0.4) is 0 Å². The molecule has 0 aliphatic carbocycles. The van der Waals surface area contributed by atoms with Crippen molar-refractivity contribution in [3.8, 4) is 0 Å². The number of benzene rings is 2. The van der Waals surface area contributed by atoms with Crippen LogP contribution in [0.1, 0.15) is 12.5 Å². The summed E-state index contributed by atoms with van der Waals surface area (Å²) in [4.78, 5) is 23.7. The lowest BCUT2D eigenvalue weighted by Gasteiger charge is -2.14. The van der Waals surface area contributed by atoms with Crippen molar-refractivity contribution in [3.63, 3.8) is 0 Å². The fraction of sp³-hybridized carbons (Fsp3) is 0.176. The number of nitrogens with one attached hydrogen (secondary N) is 1. The van der Waals surface area contributed by atoms with E-state index in [1.165, 1.54) is 37.3 Å². The summed E-state index contributed by atoms with van der Waals surface area (Å²) in [7, 11) is 0. The second-order valence-corrected chi connectivity index (χ2v) is 5.45. The number of hydrogen-bond donors (Lipinski definition) is 1. The van der Waals surface area contributed by atoms with E-state index in [4.69, 9.17) is 16.3 Å². The molecule has 1 atom stereocenters. The minimum absolute atomic E-state index is 0.0820. The lowest BCUT2D eigenvalue weighted by molar-refractivity contribution is -0.152. The van der Waals surface area contributed by atoms with Gasteiger partial charge < -0.3 is 10.1 Å². The van der Waals surface area contributed by atoms with E-state index in [-0.39, 0.29) is 22.7 Å². The van der Waals surface area contributed by atoms with Crippen molar-refractivity contribution in [2.45, 2.75) is 19.4 Å². The van der Waals surface area contributed by atoms with Gasteiger partial charge in [0.2, 0.25) is 0 Å². The molecule has 1 N–H and O–H groups in total. The predicted molar refractivity (Wildman–Crippen MR) is 85.7 cm³/mol. The van der Waals surface area contributed by atoms with Gasteiger partial charge in [-0.1, -0.05) is 29.8 Å². The maximum Gasteiger partial charge on any atom is 0.311 e. The van der Waals surface area contributed by atoms with Gasteiger partial charge in [0.1, 0.15) is 11.6 Å². The van der Waals surface area contributed by atoms with Crippen molar-refractivity contribution in [2.24, 2.45) is 0 Å². The highest BCUT2D eigenvalue weighted by molar-refractivity contribution is 6.30. The molecule has 1 amide bonds. The fourth-order valence-corrected chi connectivity index (χ4v) is 2.07. The van der Waals surface area contributed by atoms with Crippen LogP contribution >= 0.6 is 11.6 Å². The lowest BCUT2D eigenvalue weighted by Crippen LogP contribution is -2.30. The first-order valence-corrected chi connectivity index (χ1v) is 7.43. The zero-order valence-corrected chi connectivity index (χ0v) is 13.4. The predicted octanol–water partition coefficient (Wildman–Crippen LogP) is 3.73. The van der Waals surface area contributed by atoms with E-state index in [1.54, 1.807) is 6.07 Å². The Morgan fingerprint density at radius 1 is 1.17 bits per heavy atom. The summed E-state index contributed by atoms with van der Waals surface area (Å²) in [5, 5.41) is 2.48. The van der Waals surface area contributed by atoms with E-state index < -0.39 is 29.6 Å². The van der Waals surface area contributed by atoms with Gasteiger partial charge in [0.15, 0.2) is 6.10 Å². The second-order valence-electron chi connectivity index (χ2n) is 5.01. The Balaban J connectivity index is 1.93. The standard InChI is InChI=1S/C17H14ClF2NO3/c1-10(17(23)21-15-7-6-12(18)9-14(15)20)24-16(22)8-11-4-2-3-5-13(11)19/h2-7,9-10H,8H2,1H3,(H,21,23)/t10-/m1/s1. The highest BCUT2D eigenvalue weighted by Gasteiger charge is 2.20. The second kappa shape index (κ2) is 7.88. The van der Waals surface area contributed by atoms with Crippen LogP contribution in [0.5, 0.6) is 0 Å². The molecule has 7 heteroatoms.